The molecule has 1 unspecified atom stereocenters. The fraction of sp³-hybridized carbons (Fsp3) is 0.450. The fourth-order valence-electron chi connectivity index (χ4n) is 3.43. The lowest BCUT2D eigenvalue weighted by molar-refractivity contribution is 0.0369. The molecule has 0 aliphatic carbocycles. The van der Waals surface area contributed by atoms with Crippen LogP contribution in [-0.4, -0.2) is 42.7 Å². The van der Waals surface area contributed by atoms with Crippen LogP contribution in [0, 0.1) is 13.8 Å². The zero-order valence-electron chi connectivity index (χ0n) is 14.5. The summed E-state index contributed by atoms with van der Waals surface area (Å²) >= 11 is 6.08. The molecule has 2 heterocycles. The highest BCUT2D eigenvalue weighted by molar-refractivity contribution is 6.30. The Morgan fingerprint density at radius 2 is 1.67 bits per heavy atom. The molecule has 0 saturated carbocycles. The van der Waals surface area contributed by atoms with Crippen LogP contribution < -0.4 is 0 Å². The van der Waals surface area contributed by atoms with Crippen molar-refractivity contribution in [3.63, 3.8) is 0 Å². The number of halogens is 1. The van der Waals surface area contributed by atoms with Gasteiger partial charge in [-0.1, -0.05) is 23.7 Å². The molecule has 1 fully saturated rings. The molecule has 1 aliphatic heterocycles. The first kappa shape index (κ1) is 17.4. The van der Waals surface area contributed by atoms with E-state index in [1.165, 1.54) is 11.1 Å². The van der Waals surface area contributed by atoms with E-state index in [-0.39, 0.29) is 0 Å². The Balaban J connectivity index is 1.83. The lowest BCUT2D eigenvalue weighted by Crippen LogP contribution is -2.37. The standard InChI is InChI=1S/C20H25ClN2O/c1-15-13-18(14-16(2)22-15)20(17-3-5-19(21)6-4-17)7-8-23-9-11-24-12-10-23/h3-6,13-14,20H,7-12H2,1-2H3. The van der Waals surface area contributed by atoms with Crippen molar-refractivity contribution in [3.8, 4) is 0 Å². The second-order valence-electron chi connectivity index (χ2n) is 6.53. The minimum Gasteiger partial charge on any atom is -0.379 e. The number of rotatable bonds is 5. The number of pyridine rings is 1. The Kier molecular flexibility index (Phi) is 5.88. The number of hydrogen-bond donors (Lipinski definition) is 0. The number of ether oxygens (including phenoxy) is 1. The van der Waals surface area contributed by atoms with Gasteiger partial charge in [-0.15, -0.1) is 0 Å². The first-order valence-electron chi connectivity index (χ1n) is 8.62. The molecule has 3 rings (SSSR count). The van der Waals surface area contributed by atoms with Crippen LogP contribution in [0.2, 0.25) is 5.02 Å². The molecule has 3 nitrogen and oxygen atoms in total. The molecule has 0 N–H and O–H groups in total. The van der Waals surface area contributed by atoms with Crippen molar-refractivity contribution in [1.29, 1.82) is 0 Å². The molecule has 1 aliphatic rings. The molecule has 128 valence electrons. The van der Waals surface area contributed by atoms with E-state index >= 15 is 0 Å². The summed E-state index contributed by atoms with van der Waals surface area (Å²) in [6.07, 6.45) is 1.09. The Labute approximate surface area is 149 Å². The molecule has 0 spiro atoms. The van der Waals surface area contributed by atoms with Gasteiger partial charge in [0.1, 0.15) is 0 Å². The molecule has 2 aromatic rings. The average Bonchev–Trinajstić information content (AvgIpc) is 2.57. The van der Waals surface area contributed by atoms with Crippen molar-refractivity contribution in [2.45, 2.75) is 26.2 Å². The number of benzene rings is 1. The van der Waals surface area contributed by atoms with Gasteiger partial charge in [0, 0.05) is 35.4 Å². The Hall–Kier alpha value is -1.42. The van der Waals surface area contributed by atoms with Crippen molar-refractivity contribution in [1.82, 2.24) is 9.88 Å². The SMILES string of the molecule is Cc1cc(C(CCN2CCOCC2)c2ccc(Cl)cc2)cc(C)n1. The summed E-state index contributed by atoms with van der Waals surface area (Å²) in [6.45, 7) is 8.97. The Morgan fingerprint density at radius 1 is 1.04 bits per heavy atom. The summed E-state index contributed by atoms with van der Waals surface area (Å²) in [5.41, 5.74) is 4.82. The minimum absolute atomic E-state index is 0.366. The third-order valence-electron chi connectivity index (χ3n) is 4.62. The highest BCUT2D eigenvalue weighted by atomic mass is 35.5. The molecular weight excluding hydrogens is 320 g/mol. The number of aryl methyl sites for hydroxylation is 2. The third kappa shape index (κ3) is 4.56. The van der Waals surface area contributed by atoms with Gasteiger partial charge in [0.05, 0.1) is 13.2 Å². The van der Waals surface area contributed by atoms with E-state index < -0.39 is 0 Å². The van der Waals surface area contributed by atoms with Gasteiger partial charge in [-0.05, 0) is 62.2 Å². The first-order valence-corrected chi connectivity index (χ1v) is 9.00. The highest BCUT2D eigenvalue weighted by Crippen LogP contribution is 2.30. The maximum atomic E-state index is 6.08. The maximum Gasteiger partial charge on any atom is 0.0594 e. The Bertz CT molecular complexity index is 646. The summed E-state index contributed by atoms with van der Waals surface area (Å²) in [5, 5.41) is 0.785. The van der Waals surface area contributed by atoms with Crippen LogP contribution >= 0.6 is 11.6 Å². The van der Waals surface area contributed by atoms with E-state index in [9.17, 15) is 0 Å². The summed E-state index contributed by atoms with van der Waals surface area (Å²) in [7, 11) is 0. The number of morpholine rings is 1. The van der Waals surface area contributed by atoms with E-state index in [0.29, 0.717) is 5.92 Å². The molecule has 24 heavy (non-hydrogen) atoms. The van der Waals surface area contributed by atoms with Gasteiger partial charge in [0.2, 0.25) is 0 Å². The predicted octanol–water partition coefficient (Wildman–Crippen LogP) is 4.21. The van der Waals surface area contributed by atoms with E-state index in [1.807, 2.05) is 12.1 Å². The van der Waals surface area contributed by atoms with Gasteiger partial charge < -0.3 is 4.74 Å². The van der Waals surface area contributed by atoms with Crippen molar-refractivity contribution < 1.29 is 4.74 Å². The lowest BCUT2D eigenvalue weighted by Gasteiger charge is -2.29. The summed E-state index contributed by atoms with van der Waals surface area (Å²) in [5.74, 6) is 0.366. The van der Waals surface area contributed by atoms with Crippen molar-refractivity contribution in [3.05, 3.63) is 63.9 Å². The van der Waals surface area contributed by atoms with Gasteiger partial charge in [0.25, 0.3) is 0 Å². The van der Waals surface area contributed by atoms with Crippen LogP contribution in [0.5, 0.6) is 0 Å². The molecule has 1 aromatic carbocycles. The molecule has 0 bridgehead atoms. The van der Waals surface area contributed by atoms with E-state index in [2.05, 4.69) is 48.0 Å². The highest BCUT2D eigenvalue weighted by Gasteiger charge is 2.18. The quantitative estimate of drug-likeness (QED) is 0.812. The largest absolute Gasteiger partial charge is 0.379 e. The van der Waals surface area contributed by atoms with Crippen LogP contribution in [0.3, 0.4) is 0 Å². The predicted molar refractivity (Wildman–Crippen MR) is 98.9 cm³/mol. The molecule has 1 aromatic heterocycles. The number of nitrogens with zero attached hydrogens (tertiary/aromatic N) is 2. The lowest BCUT2D eigenvalue weighted by atomic mass is 9.88. The van der Waals surface area contributed by atoms with E-state index in [0.717, 1.165) is 55.7 Å². The average molecular weight is 345 g/mol. The zero-order valence-corrected chi connectivity index (χ0v) is 15.2. The molecular formula is C20H25ClN2O. The molecule has 1 atom stereocenters. The smallest absolute Gasteiger partial charge is 0.0594 e. The van der Waals surface area contributed by atoms with Gasteiger partial charge in [-0.25, -0.2) is 0 Å². The minimum atomic E-state index is 0.366. The fourth-order valence-corrected chi connectivity index (χ4v) is 3.55. The van der Waals surface area contributed by atoms with Crippen LogP contribution in [0.15, 0.2) is 36.4 Å². The van der Waals surface area contributed by atoms with Crippen LogP contribution in [0.1, 0.15) is 34.9 Å². The monoisotopic (exact) mass is 344 g/mol. The van der Waals surface area contributed by atoms with Crippen molar-refractivity contribution in [2.24, 2.45) is 0 Å². The first-order chi connectivity index (χ1) is 11.6. The summed E-state index contributed by atoms with van der Waals surface area (Å²) in [4.78, 5) is 7.02. The normalized spacial score (nSPS) is 17.0. The molecule has 4 heteroatoms. The van der Waals surface area contributed by atoms with Gasteiger partial charge in [-0.3, -0.25) is 9.88 Å². The number of hydrogen-bond acceptors (Lipinski definition) is 3. The van der Waals surface area contributed by atoms with Crippen LogP contribution in [0.4, 0.5) is 0 Å². The van der Waals surface area contributed by atoms with Gasteiger partial charge in [0.15, 0.2) is 0 Å². The summed E-state index contributed by atoms with van der Waals surface area (Å²) < 4.78 is 5.46. The number of aromatic nitrogens is 1. The van der Waals surface area contributed by atoms with E-state index in [4.69, 9.17) is 16.3 Å². The molecule has 0 radical (unpaired) electrons. The second-order valence-corrected chi connectivity index (χ2v) is 6.97. The van der Waals surface area contributed by atoms with Gasteiger partial charge >= 0.3 is 0 Å². The van der Waals surface area contributed by atoms with Crippen LogP contribution in [0.25, 0.3) is 0 Å². The van der Waals surface area contributed by atoms with Crippen molar-refractivity contribution in [2.75, 3.05) is 32.8 Å². The molecule has 0 amide bonds. The summed E-state index contributed by atoms with van der Waals surface area (Å²) in [6, 6.07) is 12.7. The molecule has 1 saturated heterocycles. The maximum absolute atomic E-state index is 6.08. The van der Waals surface area contributed by atoms with Crippen molar-refractivity contribution >= 4 is 11.6 Å². The van der Waals surface area contributed by atoms with Gasteiger partial charge in [-0.2, -0.15) is 0 Å². The second kappa shape index (κ2) is 8.11. The van der Waals surface area contributed by atoms with E-state index in [1.54, 1.807) is 0 Å². The topological polar surface area (TPSA) is 25.4 Å². The van der Waals surface area contributed by atoms with Crippen LogP contribution in [-0.2, 0) is 4.74 Å². The zero-order chi connectivity index (χ0) is 16.9. The Morgan fingerprint density at radius 3 is 2.29 bits per heavy atom. The third-order valence-corrected chi connectivity index (χ3v) is 4.87.